The normalized spacial score (nSPS) is 11.3. The first-order chi connectivity index (χ1) is 19.6. The molecule has 4 aromatic carbocycles. The van der Waals surface area contributed by atoms with Crippen LogP contribution >= 0.6 is 0 Å². The number of urea groups is 1. The van der Waals surface area contributed by atoms with E-state index in [4.69, 9.17) is 0 Å². The fraction of sp³-hybridized carbons (Fsp3) is 0.0357. The van der Waals surface area contributed by atoms with E-state index >= 15 is 0 Å². The van der Waals surface area contributed by atoms with Crippen LogP contribution in [0.5, 0.6) is 5.75 Å². The van der Waals surface area contributed by atoms with Crippen LogP contribution in [0, 0.1) is 17.5 Å². The van der Waals surface area contributed by atoms with Gasteiger partial charge in [0.15, 0.2) is 23.3 Å². The largest absolute Gasteiger partial charge is 0.573 e. The average molecular weight is 569 g/mol. The van der Waals surface area contributed by atoms with Crippen molar-refractivity contribution in [1.82, 2.24) is 14.8 Å². The first-order valence-corrected chi connectivity index (χ1v) is 11.8. The van der Waals surface area contributed by atoms with Gasteiger partial charge in [-0.05, 0) is 60.2 Å². The third kappa shape index (κ3) is 6.30. The molecule has 0 aliphatic heterocycles. The molecule has 0 aliphatic carbocycles. The first kappa shape index (κ1) is 27.2. The monoisotopic (exact) mass is 569 g/mol. The molecule has 1 heterocycles. The maximum absolute atomic E-state index is 14.6. The third-order valence-corrected chi connectivity index (χ3v) is 5.71. The Morgan fingerprint density at radius 1 is 0.805 bits per heavy atom. The van der Waals surface area contributed by atoms with Crippen molar-refractivity contribution in [2.24, 2.45) is 0 Å². The van der Waals surface area contributed by atoms with Gasteiger partial charge in [0.25, 0.3) is 0 Å². The fourth-order valence-electron chi connectivity index (χ4n) is 3.86. The number of carbonyl (C=O) groups is 1. The van der Waals surface area contributed by atoms with Crippen LogP contribution in [0.3, 0.4) is 0 Å². The molecule has 0 atom stereocenters. The highest BCUT2D eigenvalue weighted by molar-refractivity contribution is 6.02. The fourth-order valence-corrected chi connectivity index (χ4v) is 3.86. The minimum absolute atomic E-state index is 0.0447. The summed E-state index contributed by atoms with van der Waals surface area (Å²) in [6.07, 6.45) is -3.43. The van der Waals surface area contributed by atoms with E-state index in [9.17, 15) is 31.1 Å². The van der Waals surface area contributed by atoms with Crippen molar-refractivity contribution in [3.05, 3.63) is 109 Å². The van der Waals surface area contributed by atoms with Crippen LogP contribution in [0.1, 0.15) is 0 Å². The summed E-state index contributed by atoms with van der Waals surface area (Å²) >= 11 is 0. The van der Waals surface area contributed by atoms with Crippen LogP contribution in [0.25, 0.3) is 28.2 Å². The van der Waals surface area contributed by atoms with E-state index in [1.165, 1.54) is 35.3 Å². The van der Waals surface area contributed by atoms with Gasteiger partial charge in [-0.15, -0.1) is 18.3 Å². The molecule has 5 rings (SSSR count). The van der Waals surface area contributed by atoms with Gasteiger partial charge in [-0.3, -0.25) is 0 Å². The molecule has 0 aliphatic rings. The van der Waals surface area contributed by atoms with Crippen molar-refractivity contribution in [3.63, 3.8) is 0 Å². The second kappa shape index (κ2) is 11.0. The van der Waals surface area contributed by atoms with E-state index in [0.717, 1.165) is 18.2 Å². The molecular formula is C28H17F6N5O2. The number of rotatable bonds is 6. The predicted molar refractivity (Wildman–Crippen MR) is 138 cm³/mol. The van der Waals surface area contributed by atoms with E-state index in [2.05, 4.69) is 25.5 Å². The smallest absolute Gasteiger partial charge is 0.406 e. The molecule has 2 amide bonds. The molecule has 0 bridgehead atoms. The average Bonchev–Trinajstić information content (AvgIpc) is 3.44. The van der Waals surface area contributed by atoms with Crippen molar-refractivity contribution in [2.45, 2.75) is 6.36 Å². The summed E-state index contributed by atoms with van der Waals surface area (Å²) in [6, 6.07) is 19.2. The Balaban J connectivity index is 1.28. The third-order valence-electron chi connectivity index (χ3n) is 5.71. The van der Waals surface area contributed by atoms with Gasteiger partial charge in [-0.1, -0.05) is 30.3 Å². The molecule has 0 radical (unpaired) electrons. The van der Waals surface area contributed by atoms with Gasteiger partial charge in [0, 0.05) is 16.8 Å². The summed E-state index contributed by atoms with van der Waals surface area (Å²) in [5.74, 6) is -4.75. The molecule has 2 N–H and O–H groups in total. The maximum atomic E-state index is 14.6. The zero-order chi connectivity index (χ0) is 29.1. The Bertz CT molecular complexity index is 1690. The van der Waals surface area contributed by atoms with Crippen molar-refractivity contribution in [1.29, 1.82) is 0 Å². The number of alkyl halides is 3. The zero-order valence-corrected chi connectivity index (χ0v) is 20.6. The second-order valence-electron chi connectivity index (χ2n) is 8.49. The van der Waals surface area contributed by atoms with E-state index in [0.29, 0.717) is 16.8 Å². The number of amides is 2. The molecule has 0 spiro atoms. The number of aromatic nitrogens is 3. The van der Waals surface area contributed by atoms with Gasteiger partial charge >= 0.3 is 12.4 Å². The van der Waals surface area contributed by atoms with Crippen LogP contribution in [0.2, 0.25) is 0 Å². The number of hydrogen-bond acceptors (Lipinski definition) is 4. The van der Waals surface area contributed by atoms with Gasteiger partial charge in [-0.25, -0.2) is 27.6 Å². The van der Waals surface area contributed by atoms with Gasteiger partial charge < -0.3 is 15.4 Å². The van der Waals surface area contributed by atoms with Crippen molar-refractivity contribution in [3.8, 4) is 34.0 Å². The summed E-state index contributed by atoms with van der Waals surface area (Å²) in [4.78, 5) is 16.8. The van der Waals surface area contributed by atoms with Crippen LogP contribution < -0.4 is 15.4 Å². The maximum Gasteiger partial charge on any atom is 0.573 e. The SMILES string of the molecule is O=C(Nc1ccc(-c2ncn(-c3ccc(OC(F)(F)F)cc3)n2)cc1)Nc1c(-c2ccccc2)cc(F)c(F)c1F. The highest BCUT2D eigenvalue weighted by Gasteiger charge is 2.31. The number of halogens is 6. The summed E-state index contributed by atoms with van der Waals surface area (Å²) in [5, 5.41) is 9.04. The van der Waals surface area contributed by atoms with Crippen molar-refractivity contribution in [2.75, 3.05) is 10.6 Å². The molecule has 41 heavy (non-hydrogen) atoms. The Morgan fingerprint density at radius 2 is 1.49 bits per heavy atom. The summed E-state index contributed by atoms with van der Waals surface area (Å²) < 4.78 is 84.8. The lowest BCUT2D eigenvalue weighted by Gasteiger charge is -2.14. The van der Waals surface area contributed by atoms with Crippen molar-refractivity contribution >= 4 is 17.4 Å². The van der Waals surface area contributed by atoms with E-state index in [-0.39, 0.29) is 22.8 Å². The quantitative estimate of drug-likeness (QED) is 0.163. The molecule has 0 saturated carbocycles. The number of anilines is 2. The summed E-state index contributed by atoms with van der Waals surface area (Å²) in [7, 11) is 0. The number of benzene rings is 4. The van der Waals surface area contributed by atoms with Gasteiger partial charge in [0.2, 0.25) is 0 Å². The molecule has 208 valence electrons. The molecule has 5 aromatic rings. The van der Waals surface area contributed by atoms with Gasteiger partial charge in [0.05, 0.1) is 11.4 Å². The number of nitrogens with one attached hydrogen (secondary N) is 2. The minimum atomic E-state index is -4.80. The number of ether oxygens (including phenoxy) is 1. The molecule has 0 fully saturated rings. The van der Waals surface area contributed by atoms with E-state index < -0.39 is 35.5 Å². The highest BCUT2D eigenvalue weighted by atomic mass is 19.4. The molecule has 0 saturated heterocycles. The summed E-state index contributed by atoms with van der Waals surface area (Å²) in [5.41, 5.74) is 1.06. The Kier molecular flexibility index (Phi) is 7.34. The van der Waals surface area contributed by atoms with E-state index in [1.807, 2.05) is 0 Å². The lowest BCUT2D eigenvalue weighted by molar-refractivity contribution is -0.274. The number of hydrogen-bond donors (Lipinski definition) is 2. The van der Waals surface area contributed by atoms with Crippen LogP contribution in [0.4, 0.5) is 42.5 Å². The molecule has 1 aromatic heterocycles. The summed E-state index contributed by atoms with van der Waals surface area (Å²) in [6.45, 7) is 0. The minimum Gasteiger partial charge on any atom is -0.406 e. The molecule has 7 nitrogen and oxygen atoms in total. The topological polar surface area (TPSA) is 81.1 Å². The number of nitrogens with zero attached hydrogens (tertiary/aromatic N) is 3. The van der Waals surface area contributed by atoms with Crippen LogP contribution in [-0.4, -0.2) is 27.2 Å². The second-order valence-corrected chi connectivity index (χ2v) is 8.49. The Morgan fingerprint density at radius 3 is 2.15 bits per heavy atom. The standard InChI is InChI=1S/C28H17F6N5O2/c29-22-14-21(16-4-2-1-3-5-16)25(24(31)23(22)30)37-27(40)36-18-8-6-17(7-9-18)26-35-15-39(38-26)19-10-12-20(13-11-19)41-28(32,33)34/h1-15H,(H2,36,37,40). The van der Waals surface area contributed by atoms with Crippen LogP contribution in [0.15, 0.2) is 91.3 Å². The predicted octanol–water partition coefficient (Wildman–Crippen LogP) is 7.56. The molecular weight excluding hydrogens is 552 g/mol. The molecule has 13 heteroatoms. The first-order valence-electron chi connectivity index (χ1n) is 11.8. The lowest BCUT2D eigenvalue weighted by atomic mass is 10.0. The van der Waals surface area contributed by atoms with Crippen molar-refractivity contribution < 1.29 is 35.9 Å². The highest BCUT2D eigenvalue weighted by Crippen LogP contribution is 2.33. The van der Waals surface area contributed by atoms with Gasteiger partial charge in [0.1, 0.15) is 12.1 Å². The molecule has 0 unspecified atom stereocenters. The Labute approximate surface area is 228 Å². The van der Waals surface area contributed by atoms with Crippen LogP contribution in [-0.2, 0) is 0 Å². The number of carbonyl (C=O) groups excluding carboxylic acids is 1. The zero-order valence-electron chi connectivity index (χ0n) is 20.6. The lowest BCUT2D eigenvalue weighted by Crippen LogP contribution is -2.21. The van der Waals surface area contributed by atoms with Gasteiger partial charge in [-0.2, -0.15) is 0 Å². The van der Waals surface area contributed by atoms with E-state index in [1.54, 1.807) is 42.5 Å². The Hall–Kier alpha value is -5.33.